The van der Waals surface area contributed by atoms with Crippen molar-refractivity contribution >= 4 is 35.1 Å². The molecule has 4 rings (SSSR count). The molecule has 1 aliphatic heterocycles. The summed E-state index contributed by atoms with van der Waals surface area (Å²) in [5.41, 5.74) is 0.247. The molecule has 0 atom stereocenters. The second-order valence-corrected chi connectivity index (χ2v) is 8.52. The number of para-hydroxylation sites is 1. The first kappa shape index (κ1) is 26.7. The Labute approximate surface area is 213 Å². The van der Waals surface area contributed by atoms with Crippen LogP contribution in [0.15, 0.2) is 42.5 Å². The lowest BCUT2D eigenvalue weighted by Gasteiger charge is -2.30. The number of amides is 3. The first-order valence-electron chi connectivity index (χ1n) is 11.3. The van der Waals surface area contributed by atoms with Crippen LogP contribution in [0.1, 0.15) is 5.56 Å². The summed E-state index contributed by atoms with van der Waals surface area (Å²) in [5.74, 6) is -4.10. The molecule has 0 unspecified atom stereocenters. The van der Waals surface area contributed by atoms with Gasteiger partial charge in [0.05, 0.1) is 12.2 Å². The second kappa shape index (κ2) is 10.6. The van der Waals surface area contributed by atoms with Crippen LogP contribution in [0.25, 0.3) is 11.3 Å². The van der Waals surface area contributed by atoms with Crippen LogP contribution in [0.2, 0.25) is 0 Å². The number of aromatic nitrogens is 2. The third kappa shape index (κ3) is 5.64. The molecule has 0 bridgehead atoms. The number of halogens is 5. The fourth-order valence-corrected chi connectivity index (χ4v) is 3.69. The summed E-state index contributed by atoms with van der Waals surface area (Å²) in [6.45, 7) is 0.907. The number of carbonyl (C=O) groups excluding carboxylic acids is 2. The van der Waals surface area contributed by atoms with Gasteiger partial charge in [0.1, 0.15) is 17.3 Å². The Morgan fingerprint density at radius 3 is 2.34 bits per heavy atom. The summed E-state index contributed by atoms with van der Waals surface area (Å²) >= 11 is 0. The molecule has 200 valence electrons. The van der Waals surface area contributed by atoms with Gasteiger partial charge in [-0.25, -0.2) is 23.5 Å². The molecule has 9 nitrogen and oxygen atoms in total. The molecule has 0 saturated heterocycles. The standard InChI is InChI=1S/C24H22F5N7O2/c1-35(2)11-10-30-22-33-18(13-6-8-14(9-7-13)32-21(37)24(27,28)29)15-12-31-23(38)36(20(15)34-22)19-16(25)4-3-5-17(19)26/h3-9H,10-12H2,1-2H3,(H,31,38)(H,32,37)(H,30,33,34). The molecule has 1 aromatic heterocycles. The summed E-state index contributed by atoms with van der Waals surface area (Å²) in [4.78, 5) is 35.6. The van der Waals surface area contributed by atoms with Gasteiger partial charge in [0.25, 0.3) is 0 Å². The van der Waals surface area contributed by atoms with Gasteiger partial charge in [-0.15, -0.1) is 0 Å². The monoisotopic (exact) mass is 535 g/mol. The minimum Gasteiger partial charge on any atom is -0.353 e. The Bertz CT molecular complexity index is 1340. The average molecular weight is 535 g/mol. The van der Waals surface area contributed by atoms with Crippen molar-refractivity contribution in [2.45, 2.75) is 12.7 Å². The molecule has 2 heterocycles. The van der Waals surface area contributed by atoms with Crippen molar-refractivity contribution in [2.75, 3.05) is 42.7 Å². The van der Waals surface area contributed by atoms with Crippen molar-refractivity contribution in [3.8, 4) is 11.3 Å². The highest BCUT2D eigenvalue weighted by atomic mass is 19.4. The minimum atomic E-state index is -5.05. The minimum absolute atomic E-state index is 0.0616. The molecular weight excluding hydrogens is 513 g/mol. The van der Waals surface area contributed by atoms with Crippen molar-refractivity contribution in [2.24, 2.45) is 0 Å². The van der Waals surface area contributed by atoms with E-state index in [1.165, 1.54) is 24.3 Å². The van der Waals surface area contributed by atoms with E-state index < -0.39 is 35.4 Å². The van der Waals surface area contributed by atoms with E-state index in [0.717, 1.165) is 23.1 Å². The first-order chi connectivity index (χ1) is 18.0. The number of nitrogens with zero attached hydrogens (tertiary/aromatic N) is 4. The van der Waals surface area contributed by atoms with Crippen molar-refractivity contribution in [3.05, 3.63) is 59.7 Å². The fraction of sp³-hybridized carbons (Fsp3) is 0.250. The van der Waals surface area contributed by atoms with E-state index in [4.69, 9.17) is 0 Å². The zero-order chi connectivity index (χ0) is 27.6. The number of urea groups is 1. The molecule has 2 aromatic carbocycles. The van der Waals surface area contributed by atoms with Crippen molar-refractivity contribution < 1.29 is 31.5 Å². The van der Waals surface area contributed by atoms with Crippen LogP contribution < -0.4 is 20.9 Å². The third-order valence-corrected chi connectivity index (χ3v) is 5.49. The van der Waals surface area contributed by atoms with Gasteiger partial charge in [0.2, 0.25) is 5.95 Å². The molecule has 38 heavy (non-hydrogen) atoms. The number of alkyl halides is 3. The van der Waals surface area contributed by atoms with E-state index >= 15 is 0 Å². The molecule has 1 aliphatic rings. The molecule has 0 fully saturated rings. The highest BCUT2D eigenvalue weighted by molar-refractivity contribution is 6.02. The van der Waals surface area contributed by atoms with Gasteiger partial charge in [-0.05, 0) is 38.4 Å². The maximum absolute atomic E-state index is 14.7. The van der Waals surface area contributed by atoms with Gasteiger partial charge in [-0.3, -0.25) is 4.79 Å². The molecule has 0 spiro atoms. The van der Waals surface area contributed by atoms with Crippen molar-refractivity contribution in [1.29, 1.82) is 0 Å². The summed E-state index contributed by atoms with van der Waals surface area (Å²) in [5, 5.41) is 7.32. The highest BCUT2D eigenvalue weighted by Crippen LogP contribution is 2.38. The lowest BCUT2D eigenvalue weighted by Crippen LogP contribution is -2.43. The number of fused-ring (bicyclic) bond motifs is 1. The van der Waals surface area contributed by atoms with Gasteiger partial charge >= 0.3 is 18.1 Å². The molecular formula is C24H22F5N7O2. The highest BCUT2D eigenvalue weighted by Gasteiger charge is 2.39. The lowest BCUT2D eigenvalue weighted by molar-refractivity contribution is -0.167. The van der Waals surface area contributed by atoms with E-state index in [0.29, 0.717) is 24.2 Å². The Hall–Kier alpha value is -4.33. The normalized spacial score (nSPS) is 13.3. The lowest BCUT2D eigenvalue weighted by atomic mass is 10.0. The van der Waals surface area contributed by atoms with E-state index in [9.17, 15) is 31.5 Å². The SMILES string of the molecule is CN(C)CCNc1nc(-c2ccc(NC(=O)C(F)(F)F)cc2)c2c(n1)N(c1c(F)cccc1F)C(=O)NC2. The van der Waals surface area contributed by atoms with Crippen LogP contribution >= 0.6 is 0 Å². The van der Waals surface area contributed by atoms with Gasteiger partial charge in [0, 0.05) is 29.9 Å². The van der Waals surface area contributed by atoms with Crippen LogP contribution in [-0.2, 0) is 11.3 Å². The van der Waals surface area contributed by atoms with Gasteiger partial charge in [0.15, 0.2) is 5.82 Å². The molecule has 0 radical (unpaired) electrons. The number of hydrogen-bond donors (Lipinski definition) is 3. The number of benzene rings is 2. The zero-order valence-corrected chi connectivity index (χ0v) is 20.2. The predicted octanol–water partition coefficient (Wildman–Crippen LogP) is 4.26. The Morgan fingerprint density at radius 2 is 1.74 bits per heavy atom. The predicted molar refractivity (Wildman–Crippen MR) is 130 cm³/mol. The summed E-state index contributed by atoms with van der Waals surface area (Å²) < 4.78 is 67.2. The molecule has 0 aliphatic carbocycles. The Kier molecular flexibility index (Phi) is 7.44. The van der Waals surface area contributed by atoms with Crippen molar-refractivity contribution in [3.63, 3.8) is 0 Å². The van der Waals surface area contributed by atoms with Crippen LogP contribution in [0.3, 0.4) is 0 Å². The second-order valence-electron chi connectivity index (χ2n) is 8.52. The maximum atomic E-state index is 14.7. The fourth-order valence-electron chi connectivity index (χ4n) is 3.69. The number of nitrogens with one attached hydrogen (secondary N) is 3. The molecule has 3 N–H and O–H groups in total. The Morgan fingerprint density at radius 1 is 1.08 bits per heavy atom. The van der Waals surface area contributed by atoms with Crippen LogP contribution in [-0.4, -0.2) is 60.2 Å². The topological polar surface area (TPSA) is 102 Å². The largest absolute Gasteiger partial charge is 0.471 e. The van der Waals surface area contributed by atoms with Gasteiger partial charge in [-0.1, -0.05) is 18.2 Å². The quantitative estimate of drug-likeness (QED) is 0.391. The van der Waals surface area contributed by atoms with Crippen molar-refractivity contribution in [1.82, 2.24) is 20.2 Å². The van der Waals surface area contributed by atoms with Gasteiger partial charge < -0.3 is 20.9 Å². The van der Waals surface area contributed by atoms with Crippen LogP contribution in [0.4, 0.5) is 49.9 Å². The summed E-state index contributed by atoms with van der Waals surface area (Å²) in [6, 6.07) is 7.71. The number of hydrogen-bond acceptors (Lipinski definition) is 6. The van der Waals surface area contributed by atoms with E-state index in [1.807, 2.05) is 19.0 Å². The van der Waals surface area contributed by atoms with Gasteiger partial charge in [-0.2, -0.15) is 18.2 Å². The summed E-state index contributed by atoms with van der Waals surface area (Å²) in [7, 11) is 3.71. The molecule has 14 heteroatoms. The first-order valence-corrected chi connectivity index (χ1v) is 11.3. The number of likely N-dealkylation sites (N-methyl/N-ethyl adjacent to an activating group) is 1. The zero-order valence-electron chi connectivity index (χ0n) is 20.2. The van der Waals surface area contributed by atoms with E-state index in [-0.39, 0.29) is 29.7 Å². The maximum Gasteiger partial charge on any atom is 0.471 e. The number of carbonyl (C=O) groups is 2. The molecule has 0 saturated carbocycles. The van der Waals surface area contributed by atoms with E-state index in [2.05, 4.69) is 20.6 Å². The number of anilines is 4. The number of rotatable bonds is 7. The smallest absolute Gasteiger partial charge is 0.353 e. The molecule has 3 aromatic rings. The Balaban J connectivity index is 1.80. The molecule has 3 amide bonds. The summed E-state index contributed by atoms with van der Waals surface area (Å²) in [6.07, 6.45) is -5.05. The third-order valence-electron chi connectivity index (χ3n) is 5.49. The van der Waals surface area contributed by atoms with E-state index in [1.54, 1.807) is 5.32 Å². The van der Waals surface area contributed by atoms with Crippen LogP contribution in [0.5, 0.6) is 0 Å². The van der Waals surface area contributed by atoms with Crippen LogP contribution in [0, 0.1) is 11.6 Å². The average Bonchev–Trinajstić information content (AvgIpc) is 2.84.